The Morgan fingerprint density at radius 1 is 0.893 bits per heavy atom. The number of rotatable bonds is 4. The van der Waals surface area contributed by atoms with Crippen molar-refractivity contribution < 1.29 is 18.4 Å². The highest BCUT2D eigenvalue weighted by molar-refractivity contribution is 6.10. The molecule has 2 amide bonds. The fraction of sp³-hybridized carbons (Fsp3) is 0.333. The summed E-state index contributed by atoms with van der Waals surface area (Å²) in [5.41, 5.74) is -0.909. The minimum atomic E-state index is -1.45. The summed E-state index contributed by atoms with van der Waals surface area (Å²) in [4.78, 5) is 29.3. The molecule has 3 rings (SSSR count). The van der Waals surface area contributed by atoms with Gasteiger partial charge in [-0.05, 0) is 38.1 Å². The van der Waals surface area contributed by atoms with E-state index in [-0.39, 0.29) is 5.91 Å². The lowest BCUT2D eigenvalue weighted by atomic mass is 9.89. The smallest absolute Gasteiger partial charge is 0.239 e. The second-order valence-corrected chi connectivity index (χ2v) is 7.29. The van der Waals surface area contributed by atoms with E-state index in [0.29, 0.717) is 26.2 Å². The molecule has 7 heteroatoms. The molecule has 0 bridgehead atoms. The van der Waals surface area contributed by atoms with Crippen LogP contribution in [-0.2, 0) is 9.59 Å². The highest BCUT2D eigenvalue weighted by Crippen LogP contribution is 2.26. The van der Waals surface area contributed by atoms with Gasteiger partial charge in [0.1, 0.15) is 22.7 Å². The lowest BCUT2D eigenvalue weighted by Crippen LogP contribution is -2.54. The largest absolute Gasteiger partial charge is 0.368 e. The molecule has 1 fully saturated rings. The summed E-state index contributed by atoms with van der Waals surface area (Å²) in [5.74, 6) is -2.87. The van der Waals surface area contributed by atoms with Gasteiger partial charge in [-0.15, -0.1) is 0 Å². The van der Waals surface area contributed by atoms with Crippen molar-refractivity contribution in [1.82, 2.24) is 4.90 Å². The third-order valence-electron chi connectivity index (χ3n) is 4.99. The van der Waals surface area contributed by atoms with Gasteiger partial charge in [0.15, 0.2) is 0 Å². The molecule has 1 aliphatic heterocycles. The molecule has 1 heterocycles. The number of carbonyl (C=O) groups excluding carboxylic acids is 2. The van der Waals surface area contributed by atoms with Gasteiger partial charge < -0.3 is 15.1 Å². The summed E-state index contributed by atoms with van der Waals surface area (Å²) in [6.07, 6.45) is 0. The Morgan fingerprint density at radius 2 is 1.46 bits per heavy atom. The predicted octanol–water partition coefficient (Wildman–Crippen LogP) is 3.28. The fourth-order valence-corrected chi connectivity index (χ4v) is 3.19. The van der Waals surface area contributed by atoms with Gasteiger partial charge in [0.25, 0.3) is 0 Å². The van der Waals surface area contributed by atoms with E-state index in [1.807, 2.05) is 30.3 Å². The molecule has 2 aromatic carbocycles. The number of benzene rings is 2. The van der Waals surface area contributed by atoms with Crippen LogP contribution in [0, 0.1) is 17.0 Å². The number of nitrogens with one attached hydrogen (secondary N) is 1. The monoisotopic (exact) mass is 387 g/mol. The predicted molar refractivity (Wildman–Crippen MR) is 104 cm³/mol. The van der Waals surface area contributed by atoms with Gasteiger partial charge in [0.05, 0.1) is 0 Å². The lowest BCUT2D eigenvalue weighted by molar-refractivity contribution is -0.146. The molecule has 1 aliphatic rings. The van der Waals surface area contributed by atoms with Crippen LogP contribution in [0.25, 0.3) is 0 Å². The van der Waals surface area contributed by atoms with E-state index < -0.39 is 28.6 Å². The lowest BCUT2D eigenvalue weighted by Gasteiger charge is -2.39. The van der Waals surface area contributed by atoms with Crippen molar-refractivity contribution in [2.45, 2.75) is 13.8 Å². The van der Waals surface area contributed by atoms with Gasteiger partial charge in [-0.25, -0.2) is 8.78 Å². The number of para-hydroxylation sites is 2. The first-order chi connectivity index (χ1) is 13.3. The zero-order chi connectivity index (χ0) is 20.3. The van der Waals surface area contributed by atoms with E-state index >= 15 is 0 Å². The molecule has 28 heavy (non-hydrogen) atoms. The normalized spacial score (nSPS) is 14.7. The summed E-state index contributed by atoms with van der Waals surface area (Å²) in [6, 6.07) is 13.2. The van der Waals surface area contributed by atoms with Crippen LogP contribution in [-0.4, -0.2) is 42.9 Å². The molecule has 0 spiro atoms. The van der Waals surface area contributed by atoms with Crippen molar-refractivity contribution in [3.8, 4) is 0 Å². The Labute approximate surface area is 162 Å². The van der Waals surface area contributed by atoms with Crippen LogP contribution in [0.5, 0.6) is 0 Å². The number of halogens is 2. The van der Waals surface area contributed by atoms with Crippen LogP contribution < -0.4 is 10.2 Å². The van der Waals surface area contributed by atoms with Gasteiger partial charge in [-0.2, -0.15) is 0 Å². The Bertz CT molecular complexity index is 843. The van der Waals surface area contributed by atoms with Crippen LogP contribution in [0.1, 0.15) is 13.8 Å². The SMILES string of the molecule is CC(C)(C(=O)Nc1c(F)cccc1F)C(=O)N1CCN(c2ccccc2)CC1. The molecule has 0 aliphatic carbocycles. The van der Waals surface area contributed by atoms with Gasteiger partial charge in [0, 0.05) is 31.9 Å². The quantitative estimate of drug-likeness (QED) is 0.820. The average Bonchev–Trinajstić information content (AvgIpc) is 2.71. The van der Waals surface area contributed by atoms with E-state index in [1.54, 1.807) is 4.90 Å². The zero-order valence-electron chi connectivity index (χ0n) is 15.9. The van der Waals surface area contributed by atoms with E-state index in [9.17, 15) is 18.4 Å². The maximum Gasteiger partial charge on any atom is 0.239 e. The second kappa shape index (κ2) is 7.96. The third-order valence-corrected chi connectivity index (χ3v) is 4.99. The first-order valence-corrected chi connectivity index (χ1v) is 9.15. The molecule has 5 nitrogen and oxygen atoms in total. The Kier molecular flexibility index (Phi) is 5.63. The molecular formula is C21H23F2N3O2. The van der Waals surface area contributed by atoms with Gasteiger partial charge in [-0.1, -0.05) is 24.3 Å². The summed E-state index contributed by atoms with van der Waals surface area (Å²) < 4.78 is 27.6. The fourth-order valence-electron chi connectivity index (χ4n) is 3.19. The summed E-state index contributed by atoms with van der Waals surface area (Å²) in [5, 5.41) is 2.23. The first-order valence-electron chi connectivity index (χ1n) is 9.15. The number of carbonyl (C=O) groups is 2. The van der Waals surface area contributed by atoms with Gasteiger partial charge >= 0.3 is 0 Å². The van der Waals surface area contributed by atoms with Crippen molar-refractivity contribution in [2.24, 2.45) is 5.41 Å². The Morgan fingerprint density at radius 3 is 2.04 bits per heavy atom. The van der Waals surface area contributed by atoms with Crippen molar-refractivity contribution in [3.63, 3.8) is 0 Å². The van der Waals surface area contributed by atoms with E-state index in [2.05, 4.69) is 10.2 Å². The molecule has 0 radical (unpaired) electrons. The van der Waals surface area contributed by atoms with E-state index in [0.717, 1.165) is 17.8 Å². The highest BCUT2D eigenvalue weighted by atomic mass is 19.1. The number of hydrogen-bond acceptors (Lipinski definition) is 3. The number of nitrogens with zero attached hydrogens (tertiary/aromatic N) is 2. The van der Waals surface area contributed by atoms with Gasteiger partial charge in [-0.3, -0.25) is 9.59 Å². The molecule has 0 unspecified atom stereocenters. The van der Waals surface area contributed by atoms with Crippen LogP contribution in [0.3, 0.4) is 0 Å². The third kappa shape index (κ3) is 3.98. The Balaban J connectivity index is 1.65. The minimum absolute atomic E-state index is 0.366. The van der Waals surface area contributed by atoms with E-state index in [4.69, 9.17) is 0 Å². The number of piperazine rings is 1. The standard InChI is InChI=1S/C21H23F2N3O2/c1-21(2,19(27)24-18-16(22)9-6-10-17(18)23)20(28)26-13-11-25(12-14-26)15-7-4-3-5-8-15/h3-10H,11-14H2,1-2H3,(H,24,27). The molecule has 2 aromatic rings. The van der Waals surface area contributed by atoms with Crippen molar-refractivity contribution >= 4 is 23.2 Å². The summed E-state index contributed by atoms with van der Waals surface area (Å²) in [7, 11) is 0. The Hall–Kier alpha value is -2.96. The first kappa shape index (κ1) is 19.8. The van der Waals surface area contributed by atoms with Gasteiger partial charge in [0.2, 0.25) is 11.8 Å². The molecule has 1 N–H and O–H groups in total. The maximum absolute atomic E-state index is 13.8. The average molecular weight is 387 g/mol. The van der Waals surface area contributed by atoms with Crippen molar-refractivity contribution in [1.29, 1.82) is 0 Å². The molecule has 0 atom stereocenters. The minimum Gasteiger partial charge on any atom is -0.368 e. The maximum atomic E-state index is 13.8. The number of amides is 2. The summed E-state index contributed by atoms with van der Waals surface area (Å²) >= 11 is 0. The van der Waals surface area contributed by atoms with Crippen LogP contribution in [0.15, 0.2) is 48.5 Å². The van der Waals surface area contributed by atoms with Crippen LogP contribution >= 0.6 is 0 Å². The molecule has 148 valence electrons. The summed E-state index contributed by atoms with van der Waals surface area (Å²) in [6.45, 7) is 5.17. The van der Waals surface area contributed by atoms with Crippen molar-refractivity contribution in [2.75, 3.05) is 36.4 Å². The second-order valence-electron chi connectivity index (χ2n) is 7.29. The number of anilines is 2. The van der Waals surface area contributed by atoms with E-state index in [1.165, 1.54) is 19.9 Å². The van der Waals surface area contributed by atoms with Crippen LogP contribution in [0.4, 0.5) is 20.2 Å². The number of hydrogen-bond donors (Lipinski definition) is 1. The van der Waals surface area contributed by atoms with Crippen molar-refractivity contribution in [3.05, 3.63) is 60.2 Å². The molecule has 0 saturated carbocycles. The zero-order valence-corrected chi connectivity index (χ0v) is 15.9. The topological polar surface area (TPSA) is 52.7 Å². The molecule has 0 aromatic heterocycles. The highest BCUT2D eigenvalue weighted by Gasteiger charge is 2.40. The molecular weight excluding hydrogens is 364 g/mol. The molecule has 1 saturated heterocycles. The van der Waals surface area contributed by atoms with Crippen LogP contribution in [0.2, 0.25) is 0 Å².